The minimum Gasteiger partial charge on any atom is -0.750 e. The molecule has 0 saturated heterocycles. The van der Waals surface area contributed by atoms with Gasteiger partial charge in [-0.1, -0.05) is 0 Å². The van der Waals surface area contributed by atoms with Crippen LogP contribution in [-0.4, -0.2) is 32.0 Å². The van der Waals surface area contributed by atoms with Crippen LogP contribution in [0.5, 0.6) is 0 Å². The molecule has 13 heavy (non-hydrogen) atoms. The van der Waals surface area contributed by atoms with Crippen molar-refractivity contribution in [1.82, 2.24) is 0 Å². The molecule has 12 heteroatoms. The molecule has 0 aliphatic carbocycles. The van der Waals surface area contributed by atoms with Gasteiger partial charge in [0.1, 0.15) is 0 Å². The molecular formula is CH4Cl2Na2O6S2. The largest absolute Gasteiger partial charge is 1.00 e. The van der Waals surface area contributed by atoms with Gasteiger partial charge in [0, 0.05) is 0 Å². The number of halogens is 2. The van der Waals surface area contributed by atoms with Gasteiger partial charge in [-0.05, 0) is 0 Å². The zero-order valence-corrected chi connectivity index (χ0v) is 14.0. The maximum absolute atomic E-state index is 8.56. The van der Waals surface area contributed by atoms with E-state index < -0.39 is 22.7 Å². The molecule has 0 amide bonds. The second kappa shape index (κ2) is 29.3. The van der Waals surface area contributed by atoms with E-state index in [2.05, 4.69) is 0 Å². The molecule has 0 bridgehead atoms. The van der Waals surface area contributed by atoms with E-state index in [-0.39, 0.29) is 64.5 Å². The first-order valence-electron chi connectivity index (χ1n) is 1.57. The van der Waals surface area contributed by atoms with Gasteiger partial charge in [0.15, 0.2) is 0 Å². The van der Waals surface area contributed by atoms with E-state index in [1.54, 1.807) is 0 Å². The van der Waals surface area contributed by atoms with E-state index in [9.17, 15) is 0 Å². The molecular weight excluding hydrogens is 289 g/mol. The minimum atomic E-state index is -2.86. The summed E-state index contributed by atoms with van der Waals surface area (Å²) in [6.45, 7) is 0. The molecule has 0 spiro atoms. The first kappa shape index (κ1) is 29.6. The fourth-order valence-corrected chi connectivity index (χ4v) is 0. The average molecular weight is 293 g/mol. The maximum Gasteiger partial charge on any atom is 1.00 e. The van der Waals surface area contributed by atoms with E-state index in [1.165, 1.54) is 0 Å². The van der Waals surface area contributed by atoms with E-state index in [4.69, 9.17) is 49.8 Å². The summed E-state index contributed by atoms with van der Waals surface area (Å²) in [5.74, 6) is 0. The Morgan fingerprint density at radius 3 is 1.00 bits per heavy atom. The van der Waals surface area contributed by atoms with Crippen LogP contribution in [0.1, 0.15) is 0 Å². The molecule has 6 nitrogen and oxygen atoms in total. The van der Waals surface area contributed by atoms with Gasteiger partial charge in [0.25, 0.3) is 0 Å². The van der Waals surface area contributed by atoms with Gasteiger partial charge in [0.2, 0.25) is 0 Å². The molecule has 2 unspecified atom stereocenters. The van der Waals surface area contributed by atoms with E-state index in [0.29, 0.717) is 0 Å². The van der Waals surface area contributed by atoms with Crippen LogP contribution in [0, 0.1) is 0 Å². The summed E-state index contributed by atoms with van der Waals surface area (Å²) in [7, 11) is 0. The molecule has 0 radical (unpaired) electrons. The maximum atomic E-state index is 8.56. The molecule has 0 saturated carbocycles. The minimum absolute atomic E-state index is 0. The van der Waals surface area contributed by atoms with E-state index >= 15 is 0 Å². The standard InChI is InChI=1S/CH2Cl2.2Na.2H2O3S/c2-1-3;;;2*1-4(2)3/h1H2;;;2*(H2,1,2,3)/q;2*+1;;/p-2. The van der Waals surface area contributed by atoms with E-state index in [1.807, 2.05) is 0 Å². The third-order valence-corrected chi connectivity index (χ3v) is 0. The molecule has 0 fully saturated rings. The quantitative estimate of drug-likeness (QED) is 0.261. The average Bonchev–Trinajstić information content (AvgIpc) is 1.60. The second-order valence-electron chi connectivity index (χ2n) is 0.535. The number of hydrogen-bond acceptors (Lipinski definition) is 4. The summed E-state index contributed by atoms with van der Waals surface area (Å²) in [5, 5.41) is 0.194. The second-order valence-corrected chi connectivity index (χ2v) is 2.21. The Morgan fingerprint density at radius 2 is 1.00 bits per heavy atom. The van der Waals surface area contributed by atoms with Crippen LogP contribution >= 0.6 is 23.2 Å². The van der Waals surface area contributed by atoms with Gasteiger partial charge in [0.05, 0.1) is 28.1 Å². The Morgan fingerprint density at radius 1 is 1.00 bits per heavy atom. The Bertz CT molecular complexity index is 94.8. The van der Waals surface area contributed by atoms with Crippen LogP contribution in [-0.2, 0) is 22.7 Å². The number of hydrogen-bond donors (Lipinski definition) is 2. The summed E-state index contributed by atoms with van der Waals surface area (Å²) in [5.41, 5.74) is 0. The number of rotatable bonds is 0. The van der Waals surface area contributed by atoms with Gasteiger partial charge >= 0.3 is 59.1 Å². The molecule has 72 valence electrons. The normalized spacial score (nSPS) is 10.9. The summed E-state index contributed by atoms with van der Waals surface area (Å²) in [4.78, 5) is 0. The van der Waals surface area contributed by atoms with Crippen molar-refractivity contribution in [2.24, 2.45) is 0 Å². The smallest absolute Gasteiger partial charge is 0.750 e. The Balaban J connectivity index is -0.0000000231. The van der Waals surface area contributed by atoms with Crippen molar-refractivity contribution in [2.45, 2.75) is 0 Å². The van der Waals surface area contributed by atoms with Gasteiger partial charge in [-0.2, -0.15) is 0 Å². The summed E-state index contributed by atoms with van der Waals surface area (Å²) in [6, 6.07) is 0. The van der Waals surface area contributed by atoms with Gasteiger partial charge in [-0.15, -0.1) is 23.2 Å². The van der Waals surface area contributed by atoms with Crippen molar-refractivity contribution in [3.63, 3.8) is 0 Å². The van der Waals surface area contributed by atoms with Crippen molar-refractivity contribution >= 4 is 45.9 Å². The molecule has 0 rings (SSSR count). The van der Waals surface area contributed by atoms with Crippen LogP contribution < -0.4 is 59.1 Å². The van der Waals surface area contributed by atoms with E-state index in [0.717, 1.165) is 0 Å². The predicted molar refractivity (Wildman–Crippen MR) is 39.7 cm³/mol. The Hall–Kier alpha value is 2.72. The van der Waals surface area contributed by atoms with Crippen molar-refractivity contribution in [3.05, 3.63) is 0 Å². The predicted octanol–water partition coefficient (Wildman–Crippen LogP) is -5.89. The number of alkyl halides is 2. The van der Waals surface area contributed by atoms with Crippen molar-refractivity contribution < 1.29 is 85.7 Å². The van der Waals surface area contributed by atoms with Gasteiger partial charge in [-0.25, -0.2) is 8.42 Å². The first-order valence-corrected chi connectivity index (χ1v) is 4.70. The zero-order valence-electron chi connectivity index (χ0n) is 6.81. The molecule has 0 aromatic heterocycles. The molecule has 0 aliphatic heterocycles. The van der Waals surface area contributed by atoms with Crippen LogP contribution in [0.25, 0.3) is 0 Å². The molecule has 0 heterocycles. The molecule has 0 aromatic carbocycles. The topological polar surface area (TPSA) is 121 Å². The van der Waals surface area contributed by atoms with Gasteiger partial charge < -0.3 is 18.2 Å². The summed E-state index contributed by atoms with van der Waals surface area (Å²) < 4.78 is 48.2. The van der Waals surface area contributed by atoms with Crippen molar-refractivity contribution in [2.75, 3.05) is 5.34 Å². The third-order valence-electron chi connectivity index (χ3n) is 0. The summed E-state index contributed by atoms with van der Waals surface area (Å²) in [6.07, 6.45) is 0. The van der Waals surface area contributed by atoms with Crippen molar-refractivity contribution in [3.8, 4) is 0 Å². The van der Waals surface area contributed by atoms with Crippen LogP contribution in [0.4, 0.5) is 0 Å². The molecule has 0 aliphatic rings. The van der Waals surface area contributed by atoms with Crippen LogP contribution in [0.2, 0.25) is 0 Å². The molecule has 2 atom stereocenters. The fourth-order valence-electron chi connectivity index (χ4n) is 0. The molecule has 0 aromatic rings. The zero-order chi connectivity index (χ0) is 9.86. The monoisotopic (exact) mass is 292 g/mol. The van der Waals surface area contributed by atoms with Gasteiger partial charge in [-0.3, -0.25) is 0 Å². The summed E-state index contributed by atoms with van der Waals surface area (Å²) >= 11 is 3.81. The Kier molecular flexibility index (Phi) is 66.9. The van der Waals surface area contributed by atoms with Crippen LogP contribution in [0.3, 0.4) is 0 Å². The SMILES string of the molecule is ClCCl.O=S([O-])O.O=S([O-])O.[Na+].[Na+]. The Labute approximate surface area is 135 Å². The van der Waals surface area contributed by atoms with Crippen molar-refractivity contribution in [1.29, 1.82) is 0 Å². The fraction of sp³-hybridized carbons (Fsp3) is 1.00. The molecule has 2 N–H and O–H groups in total. The third kappa shape index (κ3) is 322. The van der Waals surface area contributed by atoms with Crippen LogP contribution in [0.15, 0.2) is 0 Å². The first-order chi connectivity index (χ1) is 4.88.